The molecule has 0 aromatic heterocycles. The molecule has 0 bridgehead atoms. The van der Waals surface area contributed by atoms with Crippen LogP contribution in [0.25, 0.3) is 0 Å². The highest BCUT2D eigenvalue weighted by molar-refractivity contribution is 5.97. The molecule has 182 valence electrons. The summed E-state index contributed by atoms with van der Waals surface area (Å²) in [7, 11) is 1.60. The van der Waals surface area contributed by atoms with Gasteiger partial charge in [-0.2, -0.15) is 0 Å². The van der Waals surface area contributed by atoms with Gasteiger partial charge in [-0.25, -0.2) is 0 Å². The number of amides is 2. The van der Waals surface area contributed by atoms with Crippen molar-refractivity contribution in [1.29, 1.82) is 0 Å². The lowest BCUT2D eigenvalue weighted by atomic mass is 9.95. The Kier molecular flexibility index (Phi) is 8.62. The van der Waals surface area contributed by atoms with Crippen LogP contribution >= 0.6 is 0 Å². The van der Waals surface area contributed by atoms with Crippen molar-refractivity contribution in [2.75, 3.05) is 59.5 Å². The second-order valence-electron chi connectivity index (χ2n) is 9.71. The Labute approximate surface area is 198 Å². The molecule has 7 nitrogen and oxygen atoms in total. The van der Waals surface area contributed by atoms with E-state index >= 15 is 0 Å². The Morgan fingerprint density at radius 1 is 0.970 bits per heavy atom. The fourth-order valence-corrected chi connectivity index (χ4v) is 5.77. The molecule has 1 N–H and O–H groups in total. The van der Waals surface area contributed by atoms with Crippen LogP contribution in [-0.4, -0.2) is 92.0 Å². The number of methoxy groups -OCH3 is 1. The van der Waals surface area contributed by atoms with E-state index in [9.17, 15) is 9.59 Å². The van der Waals surface area contributed by atoms with Gasteiger partial charge in [0.15, 0.2) is 0 Å². The second-order valence-corrected chi connectivity index (χ2v) is 9.71. The SMILES string of the molecule is COc1ccccc1C(=O)N1CCN([C@H](C(=O)NCCN2CCCCC2)C2CCCC2)CC1. The summed E-state index contributed by atoms with van der Waals surface area (Å²) in [6, 6.07) is 7.33. The summed E-state index contributed by atoms with van der Waals surface area (Å²) >= 11 is 0. The van der Waals surface area contributed by atoms with Gasteiger partial charge >= 0.3 is 0 Å². The minimum atomic E-state index is -0.0719. The van der Waals surface area contributed by atoms with Gasteiger partial charge in [0.1, 0.15) is 5.75 Å². The van der Waals surface area contributed by atoms with Crippen molar-refractivity contribution >= 4 is 11.8 Å². The Balaban J connectivity index is 1.33. The van der Waals surface area contributed by atoms with E-state index in [0.717, 1.165) is 52.1 Å². The molecule has 0 radical (unpaired) electrons. The van der Waals surface area contributed by atoms with Crippen LogP contribution in [0, 0.1) is 5.92 Å². The molecule has 7 heteroatoms. The lowest BCUT2D eigenvalue weighted by molar-refractivity contribution is -0.129. The highest BCUT2D eigenvalue weighted by Gasteiger charge is 2.37. The molecule has 2 heterocycles. The quantitative estimate of drug-likeness (QED) is 0.652. The number of nitrogens with one attached hydrogen (secondary N) is 1. The minimum absolute atomic E-state index is 0.00972. The van der Waals surface area contributed by atoms with Crippen molar-refractivity contribution in [3.8, 4) is 5.75 Å². The number of likely N-dealkylation sites (tertiary alicyclic amines) is 1. The molecule has 3 aliphatic rings. The van der Waals surface area contributed by atoms with Gasteiger partial charge in [-0.15, -0.1) is 0 Å². The maximum atomic E-state index is 13.3. The van der Waals surface area contributed by atoms with Gasteiger partial charge in [0.05, 0.1) is 18.7 Å². The van der Waals surface area contributed by atoms with Crippen LogP contribution in [0.4, 0.5) is 0 Å². The summed E-state index contributed by atoms with van der Waals surface area (Å²) in [6.07, 6.45) is 8.57. The van der Waals surface area contributed by atoms with Gasteiger partial charge in [-0.3, -0.25) is 14.5 Å². The molecule has 1 aromatic rings. The third-order valence-corrected chi connectivity index (χ3v) is 7.62. The third kappa shape index (κ3) is 6.07. The topological polar surface area (TPSA) is 65.1 Å². The monoisotopic (exact) mass is 456 g/mol. The average Bonchev–Trinajstić information content (AvgIpc) is 3.39. The number of rotatable bonds is 8. The van der Waals surface area contributed by atoms with Crippen molar-refractivity contribution < 1.29 is 14.3 Å². The van der Waals surface area contributed by atoms with Crippen molar-refractivity contribution in [2.24, 2.45) is 5.92 Å². The van der Waals surface area contributed by atoms with E-state index < -0.39 is 0 Å². The number of carbonyl (C=O) groups excluding carboxylic acids is 2. The van der Waals surface area contributed by atoms with Crippen LogP contribution in [0.3, 0.4) is 0 Å². The summed E-state index contributed by atoms with van der Waals surface area (Å²) in [5, 5.41) is 3.26. The van der Waals surface area contributed by atoms with E-state index in [4.69, 9.17) is 4.74 Å². The number of piperidine rings is 1. The Hall–Kier alpha value is -2.12. The number of ether oxygens (including phenoxy) is 1. The lowest BCUT2D eigenvalue weighted by Crippen LogP contribution is -2.58. The molecule has 2 aliphatic heterocycles. The molecular formula is C26H40N4O3. The van der Waals surface area contributed by atoms with E-state index in [1.54, 1.807) is 7.11 Å². The zero-order valence-corrected chi connectivity index (χ0v) is 20.1. The van der Waals surface area contributed by atoms with Crippen LogP contribution < -0.4 is 10.1 Å². The number of hydrogen-bond donors (Lipinski definition) is 1. The Bertz CT molecular complexity index is 781. The molecule has 4 rings (SSSR count). The molecule has 33 heavy (non-hydrogen) atoms. The maximum absolute atomic E-state index is 13.3. The predicted molar refractivity (Wildman–Crippen MR) is 130 cm³/mol. The van der Waals surface area contributed by atoms with E-state index in [1.807, 2.05) is 29.2 Å². The van der Waals surface area contributed by atoms with E-state index in [2.05, 4.69) is 15.1 Å². The summed E-state index contributed by atoms with van der Waals surface area (Å²) in [6.45, 7) is 6.75. The molecule has 1 aliphatic carbocycles. The molecule has 2 amide bonds. The smallest absolute Gasteiger partial charge is 0.257 e. The Morgan fingerprint density at radius 3 is 2.36 bits per heavy atom. The standard InChI is InChI=1S/C26H40N4O3/c1-33-23-12-6-5-11-22(23)26(32)30-19-17-29(18-20-30)24(21-9-3-4-10-21)25(31)27-13-16-28-14-7-2-8-15-28/h5-6,11-12,21,24H,2-4,7-10,13-20H2,1H3,(H,27,31)/t24-/m0/s1. The molecule has 0 unspecified atom stereocenters. The van der Waals surface area contributed by atoms with E-state index in [-0.39, 0.29) is 17.9 Å². The number of piperazine rings is 1. The first-order valence-corrected chi connectivity index (χ1v) is 12.8. The maximum Gasteiger partial charge on any atom is 0.257 e. The number of hydrogen-bond acceptors (Lipinski definition) is 5. The fraction of sp³-hybridized carbons (Fsp3) is 0.692. The minimum Gasteiger partial charge on any atom is -0.496 e. The van der Waals surface area contributed by atoms with Gasteiger partial charge in [0, 0.05) is 39.3 Å². The highest BCUT2D eigenvalue weighted by Crippen LogP contribution is 2.31. The molecule has 3 fully saturated rings. The molecule has 1 atom stereocenters. The number of carbonyl (C=O) groups is 2. The summed E-state index contributed by atoms with van der Waals surface area (Å²) in [4.78, 5) is 33.1. The number of para-hydroxylation sites is 1. The summed E-state index contributed by atoms with van der Waals surface area (Å²) in [5.41, 5.74) is 0.608. The third-order valence-electron chi connectivity index (χ3n) is 7.62. The van der Waals surface area contributed by atoms with Gasteiger partial charge in [0.25, 0.3) is 5.91 Å². The van der Waals surface area contributed by atoms with Crippen LogP contribution in [0.2, 0.25) is 0 Å². The zero-order chi connectivity index (χ0) is 23.0. The van der Waals surface area contributed by atoms with Crippen molar-refractivity contribution in [2.45, 2.75) is 51.0 Å². The first-order chi connectivity index (χ1) is 16.2. The predicted octanol–water partition coefficient (Wildman–Crippen LogP) is 2.61. The molecule has 2 saturated heterocycles. The molecule has 0 spiro atoms. The molecular weight excluding hydrogens is 416 g/mol. The van der Waals surface area contributed by atoms with Gasteiger partial charge in [0.2, 0.25) is 5.91 Å². The van der Waals surface area contributed by atoms with Gasteiger partial charge in [-0.1, -0.05) is 31.4 Å². The summed E-state index contributed by atoms with van der Waals surface area (Å²) < 4.78 is 5.38. The first-order valence-electron chi connectivity index (χ1n) is 12.8. The summed E-state index contributed by atoms with van der Waals surface area (Å²) in [5.74, 6) is 1.23. The van der Waals surface area contributed by atoms with Gasteiger partial charge in [-0.05, 0) is 56.8 Å². The van der Waals surface area contributed by atoms with Gasteiger partial charge < -0.3 is 19.9 Å². The molecule has 1 aromatic carbocycles. The second kappa shape index (κ2) is 11.8. The van der Waals surface area contributed by atoms with Crippen molar-refractivity contribution in [3.63, 3.8) is 0 Å². The molecule has 1 saturated carbocycles. The number of nitrogens with zero attached hydrogens (tertiary/aromatic N) is 3. The van der Waals surface area contributed by atoms with E-state index in [1.165, 1.54) is 32.1 Å². The Morgan fingerprint density at radius 2 is 1.67 bits per heavy atom. The zero-order valence-electron chi connectivity index (χ0n) is 20.1. The van der Waals surface area contributed by atoms with Crippen LogP contribution in [0.5, 0.6) is 5.75 Å². The van der Waals surface area contributed by atoms with Crippen molar-refractivity contribution in [1.82, 2.24) is 20.0 Å². The van der Waals surface area contributed by atoms with Crippen LogP contribution in [-0.2, 0) is 4.79 Å². The highest BCUT2D eigenvalue weighted by atomic mass is 16.5. The lowest BCUT2D eigenvalue weighted by Gasteiger charge is -2.41. The van der Waals surface area contributed by atoms with Crippen molar-refractivity contribution in [3.05, 3.63) is 29.8 Å². The largest absolute Gasteiger partial charge is 0.496 e. The average molecular weight is 457 g/mol. The van der Waals surface area contributed by atoms with Crippen LogP contribution in [0.15, 0.2) is 24.3 Å². The first kappa shape index (κ1) is 24.0. The normalized spacial score (nSPS) is 21.7. The van der Waals surface area contributed by atoms with Crippen LogP contribution in [0.1, 0.15) is 55.3 Å². The number of benzene rings is 1. The van der Waals surface area contributed by atoms with E-state index in [0.29, 0.717) is 30.3 Å². The fourth-order valence-electron chi connectivity index (χ4n) is 5.77.